The Labute approximate surface area is 115 Å². The molecule has 0 aliphatic heterocycles. The van der Waals surface area contributed by atoms with E-state index in [2.05, 4.69) is 5.32 Å². The molecule has 19 heavy (non-hydrogen) atoms. The van der Waals surface area contributed by atoms with Gasteiger partial charge in [0.2, 0.25) is 5.91 Å². The van der Waals surface area contributed by atoms with Crippen molar-refractivity contribution in [2.24, 2.45) is 0 Å². The molecule has 104 valence electrons. The van der Waals surface area contributed by atoms with Crippen LogP contribution in [0, 0.1) is 5.82 Å². The van der Waals surface area contributed by atoms with Crippen LogP contribution in [0.15, 0.2) is 29.2 Å². The Morgan fingerprint density at radius 2 is 1.89 bits per heavy atom. The molecule has 0 heterocycles. The number of carbonyl (C=O) groups excluding carboxylic acids is 1. The zero-order valence-electron chi connectivity index (χ0n) is 10.8. The minimum atomic E-state index is -0.962. The van der Waals surface area contributed by atoms with E-state index in [0.29, 0.717) is 0 Å². The minimum absolute atomic E-state index is 0.139. The number of aliphatic carboxylic acids is 1. The van der Waals surface area contributed by atoms with Crippen LogP contribution in [0.2, 0.25) is 0 Å². The Hall–Kier alpha value is -1.56. The normalized spacial score (nSPS) is 11.1. The van der Waals surface area contributed by atoms with E-state index in [-0.39, 0.29) is 23.9 Å². The number of thioether (sulfide) groups is 1. The molecule has 0 fully saturated rings. The maximum absolute atomic E-state index is 12.7. The zero-order valence-corrected chi connectivity index (χ0v) is 11.6. The third-order valence-electron chi connectivity index (χ3n) is 2.25. The molecule has 0 aromatic heterocycles. The molecule has 1 rings (SSSR count). The first-order valence-corrected chi connectivity index (χ1v) is 6.68. The Bertz CT molecular complexity index is 459. The monoisotopic (exact) mass is 285 g/mol. The first-order chi connectivity index (χ1) is 8.78. The van der Waals surface area contributed by atoms with Crippen LogP contribution in [-0.4, -0.2) is 28.3 Å². The van der Waals surface area contributed by atoms with Crippen LogP contribution in [0.5, 0.6) is 0 Å². The topological polar surface area (TPSA) is 66.4 Å². The molecule has 4 nitrogen and oxygen atoms in total. The molecule has 0 atom stereocenters. The number of nitrogens with one attached hydrogen (secondary N) is 1. The molecular formula is C13H16FNO3S. The van der Waals surface area contributed by atoms with E-state index in [0.717, 1.165) is 4.90 Å². The number of hydrogen-bond donors (Lipinski definition) is 2. The molecule has 0 aliphatic rings. The second-order valence-electron chi connectivity index (χ2n) is 4.75. The highest BCUT2D eigenvalue weighted by Crippen LogP contribution is 2.18. The largest absolute Gasteiger partial charge is 0.481 e. The number of carboxylic acid groups (broad SMARTS) is 1. The molecular weight excluding hydrogens is 269 g/mol. The lowest BCUT2D eigenvalue weighted by Crippen LogP contribution is -2.45. The van der Waals surface area contributed by atoms with E-state index in [4.69, 9.17) is 5.11 Å². The van der Waals surface area contributed by atoms with Gasteiger partial charge in [-0.25, -0.2) is 4.39 Å². The highest BCUT2D eigenvalue weighted by molar-refractivity contribution is 8.00. The van der Waals surface area contributed by atoms with E-state index in [1.165, 1.54) is 23.9 Å². The summed E-state index contributed by atoms with van der Waals surface area (Å²) in [6.07, 6.45) is -0.139. The Balaban J connectivity index is 2.43. The standard InChI is InChI=1S/C13H16FNO3S/c1-13(2,7-12(17)18)15-11(16)8-19-10-5-3-9(14)4-6-10/h3-6H,7-8H2,1-2H3,(H,15,16)(H,17,18). The summed E-state index contributed by atoms with van der Waals surface area (Å²) in [5.74, 6) is -1.37. The summed E-state index contributed by atoms with van der Waals surface area (Å²) in [4.78, 5) is 23.1. The quantitative estimate of drug-likeness (QED) is 0.787. The van der Waals surface area contributed by atoms with Gasteiger partial charge in [0.1, 0.15) is 5.82 Å². The number of halogens is 1. The van der Waals surface area contributed by atoms with Crippen molar-refractivity contribution < 1.29 is 19.1 Å². The molecule has 0 saturated heterocycles. The minimum Gasteiger partial charge on any atom is -0.481 e. The second kappa shape index (κ2) is 6.56. The van der Waals surface area contributed by atoms with Gasteiger partial charge in [-0.15, -0.1) is 11.8 Å². The van der Waals surface area contributed by atoms with Crippen LogP contribution in [-0.2, 0) is 9.59 Å². The van der Waals surface area contributed by atoms with Crippen LogP contribution in [0.25, 0.3) is 0 Å². The van der Waals surface area contributed by atoms with Gasteiger partial charge in [0.05, 0.1) is 12.2 Å². The van der Waals surface area contributed by atoms with Crippen molar-refractivity contribution >= 4 is 23.6 Å². The summed E-state index contributed by atoms with van der Waals surface area (Å²) in [5.41, 5.74) is -0.785. The lowest BCUT2D eigenvalue weighted by molar-refractivity contribution is -0.138. The molecule has 0 unspecified atom stereocenters. The van der Waals surface area contributed by atoms with Gasteiger partial charge in [0.15, 0.2) is 0 Å². The SMILES string of the molecule is CC(C)(CC(=O)O)NC(=O)CSc1ccc(F)cc1. The maximum Gasteiger partial charge on any atom is 0.305 e. The van der Waals surface area contributed by atoms with Gasteiger partial charge in [0.25, 0.3) is 0 Å². The van der Waals surface area contributed by atoms with Crippen molar-refractivity contribution in [3.05, 3.63) is 30.1 Å². The molecule has 1 amide bonds. The van der Waals surface area contributed by atoms with E-state index >= 15 is 0 Å². The summed E-state index contributed by atoms with van der Waals surface area (Å²) < 4.78 is 12.7. The van der Waals surface area contributed by atoms with Crippen molar-refractivity contribution in [2.45, 2.75) is 30.7 Å². The lowest BCUT2D eigenvalue weighted by Gasteiger charge is -2.24. The van der Waals surface area contributed by atoms with Gasteiger partial charge in [0, 0.05) is 10.4 Å². The number of rotatable bonds is 6. The zero-order chi connectivity index (χ0) is 14.5. The van der Waals surface area contributed by atoms with Crippen molar-refractivity contribution in [2.75, 3.05) is 5.75 Å². The van der Waals surface area contributed by atoms with Crippen LogP contribution in [0.3, 0.4) is 0 Å². The average molecular weight is 285 g/mol. The number of carbonyl (C=O) groups is 2. The Kier molecular flexibility index (Phi) is 5.35. The first kappa shape index (κ1) is 15.5. The molecule has 1 aromatic rings. The van der Waals surface area contributed by atoms with Crippen LogP contribution >= 0.6 is 11.8 Å². The summed E-state index contributed by atoms with van der Waals surface area (Å²) in [6, 6.07) is 5.84. The maximum atomic E-state index is 12.7. The second-order valence-corrected chi connectivity index (χ2v) is 5.79. The fraction of sp³-hybridized carbons (Fsp3) is 0.385. The fourth-order valence-corrected chi connectivity index (χ4v) is 2.21. The summed E-state index contributed by atoms with van der Waals surface area (Å²) in [6.45, 7) is 3.31. The van der Waals surface area contributed by atoms with Crippen LogP contribution in [0.1, 0.15) is 20.3 Å². The number of carboxylic acids is 1. The molecule has 0 saturated carbocycles. The molecule has 6 heteroatoms. The van der Waals surface area contributed by atoms with Crippen LogP contribution in [0.4, 0.5) is 4.39 Å². The average Bonchev–Trinajstić information content (AvgIpc) is 2.25. The number of hydrogen-bond acceptors (Lipinski definition) is 3. The van der Waals surface area contributed by atoms with Gasteiger partial charge in [-0.2, -0.15) is 0 Å². The fourth-order valence-electron chi connectivity index (χ4n) is 1.52. The van der Waals surface area contributed by atoms with E-state index in [1.54, 1.807) is 26.0 Å². The molecule has 0 aliphatic carbocycles. The Morgan fingerprint density at radius 1 is 1.32 bits per heavy atom. The highest BCUT2D eigenvalue weighted by atomic mass is 32.2. The van der Waals surface area contributed by atoms with Crippen molar-refractivity contribution in [3.8, 4) is 0 Å². The third-order valence-corrected chi connectivity index (χ3v) is 3.27. The van der Waals surface area contributed by atoms with Crippen LogP contribution < -0.4 is 5.32 Å². The van der Waals surface area contributed by atoms with Gasteiger partial charge in [-0.1, -0.05) is 0 Å². The van der Waals surface area contributed by atoms with Gasteiger partial charge >= 0.3 is 5.97 Å². The van der Waals surface area contributed by atoms with Gasteiger partial charge in [-0.3, -0.25) is 9.59 Å². The predicted octanol–water partition coefficient (Wildman–Crippen LogP) is 2.29. The van der Waals surface area contributed by atoms with Crippen molar-refractivity contribution in [3.63, 3.8) is 0 Å². The third kappa shape index (κ3) is 6.24. The smallest absolute Gasteiger partial charge is 0.305 e. The molecule has 0 spiro atoms. The van der Waals surface area contributed by atoms with E-state index in [1.807, 2.05) is 0 Å². The molecule has 0 bridgehead atoms. The highest BCUT2D eigenvalue weighted by Gasteiger charge is 2.23. The summed E-state index contributed by atoms with van der Waals surface area (Å²) in [5, 5.41) is 11.4. The van der Waals surface area contributed by atoms with E-state index < -0.39 is 11.5 Å². The molecule has 0 radical (unpaired) electrons. The van der Waals surface area contributed by atoms with E-state index in [9.17, 15) is 14.0 Å². The Morgan fingerprint density at radius 3 is 2.42 bits per heavy atom. The molecule has 2 N–H and O–H groups in total. The summed E-state index contributed by atoms with van der Waals surface area (Å²) in [7, 11) is 0. The lowest BCUT2D eigenvalue weighted by atomic mass is 10.0. The first-order valence-electron chi connectivity index (χ1n) is 5.70. The van der Waals surface area contributed by atoms with Gasteiger partial charge < -0.3 is 10.4 Å². The molecule has 1 aromatic carbocycles. The number of benzene rings is 1. The predicted molar refractivity (Wildman–Crippen MR) is 71.6 cm³/mol. The van der Waals surface area contributed by atoms with Crippen molar-refractivity contribution in [1.29, 1.82) is 0 Å². The number of amides is 1. The van der Waals surface area contributed by atoms with Gasteiger partial charge in [-0.05, 0) is 38.1 Å². The summed E-state index contributed by atoms with van der Waals surface area (Å²) >= 11 is 1.27. The van der Waals surface area contributed by atoms with Crippen molar-refractivity contribution in [1.82, 2.24) is 5.32 Å².